The van der Waals surface area contributed by atoms with Crippen molar-refractivity contribution >= 4 is 72.4 Å². The molecule has 7 heterocycles. The fourth-order valence-corrected chi connectivity index (χ4v) is 25.1. The van der Waals surface area contributed by atoms with Crippen LogP contribution < -0.4 is 20.7 Å². The second-order valence-electron chi connectivity index (χ2n) is 33.9. The average Bonchev–Trinajstić information content (AvgIpc) is 0.918. The topological polar surface area (TPSA) is 462 Å². The van der Waals surface area contributed by atoms with E-state index in [1.165, 1.54) is 83.2 Å². The van der Waals surface area contributed by atoms with E-state index in [0.29, 0.717) is 25.7 Å². The highest BCUT2D eigenvalue weighted by Gasteiger charge is 2.54. The second-order valence-corrected chi connectivity index (χ2v) is 42.5. The zero-order chi connectivity index (χ0) is 92.6. The molecule has 0 aliphatic carbocycles. The van der Waals surface area contributed by atoms with Crippen molar-refractivity contribution in [1.82, 2.24) is 0 Å². The van der Waals surface area contributed by atoms with Crippen LogP contribution in [0.25, 0.3) is 0 Å². The molecule has 690 valence electrons. The predicted octanol–water partition coefficient (Wildman–Crippen LogP) is 7.81. The number of benzene rings is 8. The molecule has 0 spiro atoms. The van der Waals surface area contributed by atoms with Crippen LogP contribution in [0.3, 0.4) is 0 Å². The molecule has 8 N–H and O–H groups in total. The number of aliphatic hydroxyl groups is 8. The molecule has 33 nitrogen and oxygen atoms in total. The smallest absolute Gasteiger partial charge is 0.338 e. The van der Waals surface area contributed by atoms with Gasteiger partial charge in [0.1, 0.15) is 73.2 Å². The van der Waals surface area contributed by atoms with Crippen LogP contribution in [-0.4, -0.2) is 261 Å². The molecule has 15 rings (SSSR count). The Labute approximate surface area is 744 Å². The zero-order valence-corrected chi connectivity index (χ0v) is 74.7. The molecular weight excluding hydrogens is 1700 g/mol. The minimum absolute atomic E-state index is 0.00693. The Morgan fingerprint density at radius 3 is 1.05 bits per heavy atom. The van der Waals surface area contributed by atoms with Gasteiger partial charge >= 0.3 is 17.9 Å². The van der Waals surface area contributed by atoms with Gasteiger partial charge in [-0.15, -0.1) is 0 Å². The van der Waals surface area contributed by atoms with E-state index in [4.69, 9.17) is 81.4 Å². The van der Waals surface area contributed by atoms with Gasteiger partial charge in [-0.1, -0.05) is 214 Å². The van der Waals surface area contributed by atoms with E-state index >= 15 is 0 Å². The lowest BCUT2D eigenvalue weighted by molar-refractivity contribution is -0.385. The highest BCUT2D eigenvalue weighted by atomic mass is 28.4. The van der Waals surface area contributed by atoms with Crippen LogP contribution >= 0.6 is 0 Å². The van der Waals surface area contributed by atoms with Crippen molar-refractivity contribution in [2.45, 2.75) is 183 Å². The maximum atomic E-state index is 12.9. The van der Waals surface area contributed by atoms with Gasteiger partial charge in [0, 0.05) is 53.8 Å². The zero-order valence-electron chi connectivity index (χ0n) is 72.7. The predicted molar refractivity (Wildman–Crippen MR) is 471 cm³/mol. The third-order valence-electron chi connectivity index (χ3n) is 22.9. The third kappa shape index (κ3) is 25.2. The molecule has 35 heteroatoms. The fraction of sp³-hybridized carbons (Fsp3) is 0.452. The number of fused-ring (bicyclic) bond motifs is 1. The number of ether oxygens (including phenoxy) is 11. The van der Waals surface area contributed by atoms with Crippen molar-refractivity contribution in [2.24, 2.45) is 11.8 Å². The van der Waals surface area contributed by atoms with Crippen molar-refractivity contribution in [3.63, 3.8) is 0 Å². The number of rotatable bonds is 23. The van der Waals surface area contributed by atoms with E-state index in [2.05, 4.69) is 90.1 Å². The molecule has 19 atom stereocenters. The van der Waals surface area contributed by atoms with E-state index in [9.17, 15) is 65.2 Å². The lowest BCUT2D eigenvalue weighted by Crippen LogP contribution is -2.67. The maximum absolute atomic E-state index is 12.9. The van der Waals surface area contributed by atoms with Gasteiger partial charge in [-0.25, -0.2) is 14.4 Å². The first-order valence-corrected chi connectivity index (χ1v) is 46.1. The Balaban J connectivity index is 0.000000173. The number of nitrogens with zero attached hydrogens (tertiary/aromatic N) is 3. The number of esters is 3. The molecule has 7 fully saturated rings. The van der Waals surface area contributed by atoms with Crippen molar-refractivity contribution in [3.8, 4) is 0 Å². The van der Waals surface area contributed by atoms with Crippen LogP contribution in [0, 0.1) is 42.2 Å². The van der Waals surface area contributed by atoms with Gasteiger partial charge in [0.2, 0.25) is 0 Å². The van der Waals surface area contributed by atoms with Gasteiger partial charge < -0.3 is 102 Å². The summed E-state index contributed by atoms with van der Waals surface area (Å²) in [6.45, 7) is 21.0. The summed E-state index contributed by atoms with van der Waals surface area (Å²) in [6, 6.07) is 66.2. The van der Waals surface area contributed by atoms with Crippen molar-refractivity contribution in [1.29, 1.82) is 0 Å². The van der Waals surface area contributed by atoms with E-state index in [1.807, 2.05) is 124 Å². The lowest BCUT2D eigenvalue weighted by Gasteiger charge is -2.43. The molecule has 0 radical (unpaired) electrons. The molecule has 7 aliphatic rings. The lowest BCUT2D eigenvalue weighted by atomic mass is 10.0. The van der Waals surface area contributed by atoms with Crippen LogP contribution in [-0.2, 0) is 61.0 Å². The molecule has 0 amide bonds. The summed E-state index contributed by atoms with van der Waals surface area (Å²) in [5.41, 5.74) is 1.15. The number of nitro groups is 3. The maximum Gasteiger partial charge on any atom is 0.338 e. The largest absolute Gasteiger partial charge is 0.456 e. The summed E-state index contributed by atoms with van der Waals surface area (Å²) in [4.78, 5) is 68.3. The Morgan fingerprint density at radius 1 is 0.383 bits per heavy atom. The van der Waals surface area contributed by atoms with E-state index in [-0.39, 0.29) is 120 Å². The van der Waals surface area contributed by atoms with E-state index < -0.39 is 129 Å². The summed E-state index contributed by atoms with van der Waals surface area (Å²) in [7, 11) is -5.63. The number of aliphatic hydroxyl groups excluding tert-OH is 8. The van der Waals surface area contributed by atoms with Crippen molar-refractivity contribution in [2.75, 3.05) is 72.7 Å². The van der Waals surface area contributed by atoms with E-state index in [1.54, 1.807) is 0 Å². The number of hydrogen-bond donors (Lipinski definition) is 8. The third-order valence-corrected chi connectivity index (χ3v) is 32.9. The van der Waals surface area contributed by atoms with Crippen LogP contribution in [0.1, 0.15) is 112 Å². The van der Waals surface area contributed by atoms with Crippen LogP contribution in [0.15, 0.2) is 224 Å². The summed E-state index contributed by atoms with van der Waals surface area (Å²) < 4.78 is 74.1. The Hall–Kier alpha value is -9.92. The second kappa shape index (κ2) is 46.6. The van der Waals surface area contributed by atoms with Gasteiger partial charge in [-0.05, 0) is 73.6 Å². The highest BCUT2D eigenvalue weighted by molar-refractivity contribution is 7.00. The van der Waals surface area contributed by atoms with Gasteiger partial charge in [-0.2, -0.15) is 0 Å². The average molecular weight is 1810 g/mol. The van der Waals surface area contributed by atoms with Crippen molar-refractivity contribution in [3.05, 3.63) is 277 Å². The summed E-state index contributed by atoms with van der Waals surface area (Å²) in [6.07, 6.45) is -9.19. The molecule has 7 saturated heterocycles. The number of nitro benzene ring substituents is 3. The summed E-state index contributed by atoms with van der Waals surface area (Å²) in [5, 5.41) is 111. The molecule has 7 aliphatic heterocycles. The quantitative estimate of drug-likeness (QED) is 0.00994. The molecule has 0 aromatic heterocycles. The minimum atomic E-state index is -2.86. The monoisotopic (exact) mass is 1810 g/mol. The Kier molecular flexibility index (Phi) is 36.5. The molecule has 8 aromatic rings. The number of carbonyl (C=O) groups is 3. The first-order valence-electron chi connectivity index (χ1n) is 42.3. The minimum Gasteiger partial charge on any atom is -0.456 e. The van der Waals surface area contributed by atoms with Crippen molar-refractivity contribution < 1.29 is 131 Å². The van der Waals surface area contributed by atoms with Gasteiger partial charge in [0.25, 0.3) is 33.7 Å². The summed E-state index contributed by atoms with van der Waals surface area (Å²) in [5.74, 6) is -1.66. The number of hydrogen-bond acceptors (Lipinski definition) is 30. The first kappa shape index (κ1) is 100. The normalized spacial score (nSPS) is 26.4. The first-order chi connectivity index (χ1) is 61.1. The summed E-state index contributed by atoms with van der Waals surface area (Å²) >= 11 is 0. The molecular formula is C93H115N3O30Si2. The number of carbonyl (C=O) groups excluding carboxylic acids is 3. The number of non-ortho nitro benzene ring substituents is 3. The Bertz CT molecular complexity index is 4500. The van der Waals surface area contributed by atoms with Gasteiger partial charge in [0.15, 0.2) is 18.5 Å². The molecule has 0 bridgehead atoms. The standard InChI is InChI=1S/C29H33NO6Si.C28H31NO7Si.C12H13NO7.C12H14O4.C7H14O2.C5H10O4/c1-21-19-34-26(27(21)36-28(31)22-15-17-23(18-16-22)30(32)33)20-35-37(29(2,3)4,24-11-7-5-8-12-24)25-13-9-6-10-14-25;1-28(2,3)37(22-10-6-4-7-11-22,23-12-8-5-9-13-23)35-19-25-26(24(30)18-34-25)36-27(31)20-14-16-21(17-15-20)29(32)33;14-5-10-11(9(15)6-19-10)20-12(16)7-1-3-8(4-2-7)13(17)18;13-9-6-14-10-7-15-12(16-11(9)10)8-4-2-1-3-5-8;1-3-6-7(8)5(2)4-9-6;6-1-4-5(8)3(7)2-9-4/h5-18,21,26-27H,19-20H2,1-4H3;4-17,24-26,30H,18-19H2,1-3H3;1-4,9-11,14-15H,5-6H2;1-5,9-13H,6-7H2;5-8H,3-4H2,1-2H3;3-8H,1-2H2/t21-,26-,27+;24-,25-,26+;9-,10-,11+;9-,10-,11+,12?;5-,6-,7-;3-,4-,5+/m111111/s1. The van der Waals surface area contributed by atoms with Crippen LogP contribution in [0.2, 0.25) is 10.1 Å². The van der Waals surface area contributed by atoms with Gasteiger partial charge in [0.05, 0.1) is 116 Å². The van der Waals surface area contributed by atoms with Gasteiger partial charge in [-0.3, -0.25) is 30.3 Å². The fourth-order valence-electron chi connectivity index (χ4n) is 15.9. The molecule has 1 unspecified atom stereocenters. The molecule has 0 saturated carbocycles. The van der Waals surface area contributed by atoms with Crippen LogP contribution in [0.5, 0.6) is 0 Å². The molecule has 8 aromatic carbocycles. The SMILES string of the molecule is CC(C)(C)[Si](OC[C@H]1OC[C@@H](O)[C@@H]1OC(=O)c1ccc([N+](=O)[O-])cc1)(c1ccccc1)c1ccccc1.CC[C@H]1OC[C@@H](C)[C@H]1O.C[C@@H]1CO[C@H](CO[Si](c2ccccc2)(c2ccccc2)C(C)(C)C)[C@H]1OC(=O)c1ccc([N+](=O)[O-])cc1.O=C(O[C@H]1[C@H](O)CO[C@@H]1CO)c1ccc([N+](=O)[O-])cc1.OC[C@H]1OC[C@@H](O)[C@@H]1O.O[C@@H]1CO[C@@H]2COC(c3ccccc3)O[C@@H]12. The van der Waals surface area contributed by atoms with E-state index in [0.717, 1.165) is 29.0 Å². The van der Waals surface area contributed by atoms with Crippen LogP contribution in [0.4, 0.5) is 17.1 Å². The highest BCUT2D eigenvalue weighted by Crippen LogP contribution is 2.41. The molecule has 128 heavy (non-hydrogen) atoms. The Morgan fingerprint density at radius 2 is 0.711 bits per heavy atom.